The van der Waals surface area contributed by atoms with Crippen molar-refractivity contribution in [3.05, 3.63) is 24.0 Å². The number of pyridine rings is 1. The van der Waals surface area contributed by atoms with Gasteiger partial charge in [0.25, 0.3) is 0 Å². The van der Waals surface area contributed by atoms with E-state index in [1.165, 1.54) is 0 Å². The molecule has 0 saturated carbocycles. The Labute approximate surface area is 141 Å². The van der Waals surface area contributed by atoms with Crippen molar-refractivity contribution in [3.8, 4) is 0 Å². The Bertz CT molecular complexity index is 706. The van der Waals surface area contributed by atoms with E-state index in [-0.39, 0.29) is 5.54 Å². The maximum absolute atomic E-state index is 8.39. The van der Waals surface area contributed by atoms with Crippen molar-refractivity contribution in [2.45, 2.75) is 38.6 Å². The van der Waals surface area contributed by atoms with Gasteiger partial charge in [0, 0.05) is 36.6 Å². The van der Waals surface area contributed by atoms with Gasteiger partial charge in [0.15, 0.2) is 0 Å². The molecular weight excluding hydrogens is 306 g/mol. The molecule has 3 rings (SSSR count). The number of H-pyrrole nitrogens is 1. The molecule has 4 N–H and O–H groups in total. The molecule has 1 aliphatic rings. The number of hydrogen-bond acceptors (Lipinski definition) is 5. The Morgan fingerprint density at radius 3 is 3.13 bits per heavy atom. The molecule has 5 nitrogen and oxygen atoms in total. The van der Waals surface area contributed by atoms with Gasteiger partial charge in [0.05, 0.1) is 16.1 Å². The number of thioether (sulfide) groups is 1. The number of nitrogens with zero attached hydrogens (tertiary/aromatic N) is 2. The first kappa shape index (κ1) is 16.3. The van der Waals surface area contributed by atoms with Crippen LogP contribution in [0.1, 0.15) is 38.7 Å². The number of hydrogen-bond donors (Lipinski definition) is 3. The van der Waals surface area contributed by atoms with Crippen molar-refractivity contribution in [1.82, 2.24) is 9.97 Å². The highest BCUT2D eigenvalue weighted by Gasteiger charge is 2.28. The van der Waals surface area contributed by atoms with Crippen LogP contribution in [0.2, 0.25) is 0 Å². The maximum Gasteiger partial charge on any atom is 0.140 e. The van der Waals surface area contributed by atoms with Crippen molar-refractivity contribution >= 4 is 33.5 Å². The quantitative estimate of drug-likeness (QED) is 0.593. The summed E-state index contributed by atoms with van der Waals surface area (Å²) in [6, 6.07) is 2.05. The van der Waals surface area contributed by atoms with Gasteiger partial charge in [-0.25, -0.2) is 4.98 Å². The fourth-order valence-corrected chi connectivity index (χ4v) is 3.96. The minimum Gasteiger partial charge on any atom is -0.369 e. The fraction of sp³-hybridized carbons (Fsp3) is 0.529. The van der Waals surface area contributed by atoms with Gasteiger partial charge in [-0.1, -0.05) is 6.92 Å². The molecule has 2 aromatic heterocycles. The molecule has 124 valence electrons. The van der Waals surface area contributed by atoms with Gasteiger partial charge < -0.3 is 15.6 Å². The zero-order chi connectivity index (χ0) is 16.4. The second-order valence-electron chi connectivity index (χ2n) is 6.61. The first-order valence-corrected chi connectivity index (χ1v) is 9.22. The van der Waals surface area contributed by atoms with Gasteiger partial charge >= 0.3 is 0 Å². The Kier molecular flexibility index (Phi) is 4.64. The van der Waals surface area contributed by atoms with E-state index in [9.17, 15) is 0 Å². The third-order valence-electron chi connectivity index (χ3n) is 4.32. The first-order chi connectivity index (χ1) is 11.0. The lowest BCUT2D eigenvalue weighted by Gasteiger charge is -2.39. The number of nitrogens with two attached hydrogens (primary N) is 1. The summed E-state index contributed by atoms with van der Waals surface area (Å²) in [4.78, 5) is 10.0. The molecule has 1 atom stereocenters. The van der Waals surface area contributed by atoms with Crippen LogP contribution in [-0.2, 0) is 0 Å². The molecule has 1 fully saturated rings. The topological polar surface area (TPSA) is 81.8 Å². The maximum atomic E-state index is 8.39. The second-order valence-corrected chi connectivity index (χ2v) is 7.72. The molecule has 3 heterocycles. The molecule has 6 heteroatoms. The van der Waals surface area contributed by atoms with Crippen molar-refractivity contribution < 1.29 is 0 Å². The molecule has 0 spiro atoms. The Hall–Kier alpha value is -1.53. The third-order valence-corrected chi connectivity index (χ3v) is 5.44. The normalized spacial score (nSPS) is 21.8. The van der Waals surface area contributed by atoms with E-state index in [4.69, 9.17) is 11.1 Å². The Morgan fingerprint density at radius 2 is 2.39 bits per heavy atom. The van der Waals surface area contributed by atoms with Crippen LogP contribution in [-0.4, -0.2) is 39.4 Å². The van der Waals surface area contributed by atoms with Crippen LogP contribution in [0, 0.1) is 5.41 Å². The van der Waals surface area contributed by atoms with Crippen LogP contribution in [0.3, 0.4) is 0 Å². The largest absolute Gasteiger partial charge is 0.369 e. The predicted octanol–water partition coefficient (Wildman–Crippen LogP) is 3.35. The van der Waals surface area contributed by atoms with Gasteiger partial charge in [0.1, 0.15) is 5.65 Å². The minimum absolute atomic E-state index is 0.158. The van der Waals surface area contributed by atoms with Gasteiger partial charge in [-0.2, -0.15) is 0 Å². The van der Waals surface area contributed by atoms with E-state index < -0.39 is 0 Å². The Morgan fingerprint density at radius 1 is 1.57 bits per heavy atom. The zero-order valence-corrected chi connectivity index (χ0v) is 14.7. The molecular formula is C17H25N5S. The molecule has 23 heavy (non-hydrogen) atoms. The molecule has 0 bridgehead atoms. The summed E-state index contributed by atoms with van der Waals surface area (Å²) in [5.41, 5.74) is 9.16. The van der Waals surface area contributed by atoms with Crippen molar-refractivity contribution in [2.24, 2.45) is 5.73 Å². The van der Waals surface area contributed by atoms with Crippen LogP contribution in [0.4, 0.5) is 5.69 Å². The summed E-state index contributed by atoms with van der Waals surface area (Å²) in [7, 11) is 0. The predicted molar refractivity (Wildman–Crippen MR) is 99.7 cm³/mol. The highest BCUT2D eigenvalue weighted by atomic mass is 32.2. The lowest BCUT2D eigenvalue weighted by atomic mass is 9.92. The van der Waals surface area contributed by atoms with Gasteiger partial charge in [-0.05, 0) is 38.0 Å². The Balaban J connectivity index is 2.00. The fourth-order valence-electron chi connectivity index (χ4n) is 3.24. The average molecular weight is 331 g/mol. The summed E-state index contributed by atoms with van der Waals surface area (Å²) in [6.07, 6.45) is 6.97. The summed E-state index contributed by atoms with van der Waals surface area (Å²) in [5.74, 6) is 0.964. The van der Waals surface area contributed by atoms with Gasteiger partial charge in [-0.15, -0.1) is 11.8 Å². The summed E-state index contributed by atoms with van der Waals surface area (Å²) in [6.45, 7) is 6.10. The molecule has 1 aliphatic heterocycles. The highest BCUT2D eigenvalue weighted by Crippen LogP contribution is 2.33. The molecule has 1 saturated heterocycles. The highest BCUT2D eigenvalue weighted by molar-refractivity contribution is 8.14. The van der Waals surface area contributed by atoms with Crippen molar-refractivity contribution in [2.75, 3.05) is 23.7 Å². The lowest BCUT2D eigenvalue weighted by molar-refractivity contribution is 0.375. The van der Waals surface area contributed by atoms with E-state index in [0.717, 1.165) is 60.4 Å². The second kappa shape index (κ2) is 6.53. The van der Waals surface area contributed by atoms with Gasteiger partial charge in [-0.3, -0.25) is 5.41 Å². The number of aromatic amines is 1. The van der Waals surface area contributed by atoms with E-state index in [1.807, 2.05) is 12.4 Å². The lowest BCUT2D eigenvalue weighted by Crippen LogP contribution is -2.52. The smallest absolute Gasteiger partial charge is 0.140 e. The van der Waals surface area contributed by atoms with Crippen molar-refractivity contribution in [3.63, 3.8) is 0 Å². The van der Waals surface area contributed by atoms with E-state index >= 15 is 0 Å². The van der Waals surface area contributed by atoms with Crippen LogP contribution in [0.5, 0.6) is 0 Å². The number of fused-ring (bicyclic) bond motifs is 1. The van der Waals surface area contributed by atoms with E-state index in [1.54, 1.807) is 11.8 Å². The molecule has 0 radical (unpaired) electrons. The number of rotatable bonds is 4. The molecule has 0 aromatic carbocycles. The number of anilines is 1. The molecule has 1 unspecified atom stereocenters. The summed E-state index contributed by atoms with van der Waals surface area (Å²) in [5, 5.41) is 10.1. The summed E-state index contributed by atoms with van der Waals surface area (Å²) < 4.78 is 0. The minimum atomic E-state index is -0.158. The SMILES string of the molecule is CCCSC(=N)c1c[nH]c2nccc(N3CCCC(C)(N)C3)c12. The number of piperidine rings is 1. The number of nitrogens with one attached hydrogen (secondary N) is 2. The van der Waals surface area contributed by atoms with E-state index in [0.29, 0.717) is 5.04 Å². The van der Waals surface area contributed by atoms with Crippen molar-refractivity contribution in [1.29, 1.82) is 5.41 Å². The van der Waals surface area contributed by atoms with Crippen LogP contribution >= 0.6 is 11.8 Å². The monoisotopic (exact) mass is 331 g/mol. The molecule has 0 amide bonds. The van der Waals surface area contributed by atoms with E-state index in [2.05, 4.69) is 34.8 Å². The molecule has 2 aromatic rings. The average Bonchev–Trinajstić information content (AvgIpc) is 2.95. The zero-order valence-electron chi connectivity index (χ0n) is 13.9. The van der Waals surface area contributed by atoms with Gasteiger partial charge in [0.2, 0.25) is 0 Å². The molecule has 0 aliphatic carbocycles. The van der Waals surface area contributed by atoms with Crippen LogP contribution < -0.4 is 10.6 Å². The standard InChI is InChI=1S/C17H25N5S/c1-3-9-23-15(18)12-10-21-16-14(12)13(5-7-20-16)22-8-4-6-17(2,19)11-22/h5,7,10,18H,3-4,6,8-9,11,19H2,1-2H3,(H,20,21). The third kappa shape index (κ3) is 3.38. The first-order valence-electron chi connectivity index (χ1n) is 8.23. The number of aromatic nitrogens is 2. The van der Waals surface area contributed by atoms with Crippen LogP contribution in [0.25, 0.3) is 11.0 Å². The summed E-state index contributed by atoms with van der Waals surface area (Å²) >= 11 is 1.60. The van der Waals surface area contributed by atoms with Crippen LogP contribution in [0.15, 0.2) is 18.5 Å².